The predicted molar refractivity (Wildman–Crippen MR) is 122 cm³/mol. The monoisotopic (exact) mass is 395 g/mol. The molecule has 1 aliphatic heterocycles. The minimum Gasteiger partial charge on any atom is -0.493 e. The maximum atomic E-state index is 6.32. The lowest BCUT2D eigenvalue weighted by Crippen LogP contribution is -2.22. The number of allylic oxidation sites excluding steroid dienone is 3. The molecule has 1 saturated heterocycles. The Kier molecular flexibility index (Phi) is 8.00. The first-order chi connectivity index (χ1) is 14.1. The molecule has 1 aromatic carbocycles. The van der Waals surface area contributed by atoms with E-state index in [2.05, 4.69) is 67.8 Å². The number of hydrogen-bond acceptors (Lipinski definition) is 3. The summed E-state index contributed by atoms with van der Waals surface area (Å²) in [4.78, 5) is 2.52. The Bertz CT molecular complexity index is 730. The topological polar surface area (TPSA) is 21.7 Å². The molecule has 0 unspecified atom stereocenters. The Morgan fingerprint density at radius 1 is 1.17 bits per heavy atom. The van der Waals surface area contributed by atoms with Gasteiger partial charge in [-0.3, -0.25) is 4.90 Å². The molecule has 158 valence electrons. The molecule has 0 radical (unpaired) electrons. The van der Waals surface area contributed by atoms with Crippen molar-refractivity contribution < 1.29 is 9.47 Å². The smallest absolute Gasteiger partial charge is 0.161 e. The molecule has 3 rings (SSSR count). The molecule has 3 nitrogen and oxygen atoms in total. The summed E-state index contributed by atoms with van der Waals surface area (Å²) in [7, 11) is 1.73. The molecule has 1 aromatic rings. The molecular formula is C26H37NO2. The number of hydrogen-bond donors (Lipinski definition) is 0. The van der Waals surface area contributed by atoms with Gasteiger partial charge in [-0.25, -0.2) is 0 Å². The maximum Gasteiger partial charge on any atom is 0.161 e. The van der Waals surface area contributed by atoms with Crippen molar-refractivity contribution in [2.45, 2.75) is 58.0 Å². The molecule has 2 fully saturated rings. The first-order valence-electron chi connectivity index (χ1n) is 11.2. The van der Waals surface area contributed by atoms with E-state index < -0.39 is 0 Å². The minimum absolute atomic E-state index is 0.341. The molecule has 0 bridgehead atoms. The lowest BCUT2D eigenvalue weighted by Gasteiger charge is -2.20. The van der Waals surface area contributed by atoms with Gasteiger partial charge in [0.1, 0.15) is 0 Å². The van der Waals surface area contributed by atoms with Crippen LogP contribution in [0.15, 0.2) is 54.7 Å². The van der Waals surface area contributed by atoms with E-state index in [0.29, 0.717) is 17.9 Å². The third-order valence-electron chi connectivity index (χ3n) is 6.14. The Morgan fingerprint density at radius 2 is 1.97 bits per heavy atom. The van der Waals surface area contributed by atoms with Gasteiger partial charge in [-0.05, 0) is 61.3 Å². The average Bonchev–Trinajstić information content (AvgIpc) is 3.34. The fraction of sp³-hybridized carbons (Fsp3) is 0.538. The van der Waals surface area contributed by atoms with Gasteiger partial charge in [0.05, 0.1) is 13.2 Å². The number of nitrogens with zero attached hydrogens (tertiary/aromatic N) is 1. The van der Waals surface area contributed by atoms with Gasteiger partial charge in [-0.1, -0.05) is 50.8 Å². The summed E-state index contributed by atoms with van der Waals surface area (Å²) in [5.74, 6) is 2.89. The highest BCUT2D eigenvalue weighted by atomic mass is 16.5. The van der Waals surface area contributed by atoms with Crippen LogP contribution in [0.25, 0.3) is 0 Å². The number of rotatable bonds is 9. The van der Waals surface area contributed by atoms with Crippen molar-refractivity contribution in [2.24, 2.45) is 5.92 Å². The van der Waals surface area contributed by atoms with Crippen LogP contribution in [-0.2, 0) is 0 Å². The van der Waals surface area contributed by atoms with Gasteiger partial charge in [0.25, 0.3) is 0 Å². The highest BCUT2D eigenvalue weighted by molar-refractivity contribution is 5.44. The number of benzene rings is 1. The maximum absolute atomic E-state index is 6.32. The van der Waals surface area contributed by atoms with E-state index in [1.165, 1.54) is 24.0 Å². The second-order valence-electron chi connectivity index (χ2n) is 8.57. The van der Waals surface area contributed by atoms with Crippen LogP contribution >= 0.6 is 0 Å². The lowest BCUT2D eigenvalue weighted by atomic mass is 9.90. The molecule has 0 spiro atoms. The van der Waals surface area contributed by atoms with Crippen molar-refractivity contribution >= 4 is 0 Å². The van der Waals surface area contributed by atoms with Crippen LogP contribution in [0.5, 0.6) is 11.5 Å². The van der Waals surface area contributed by atoms with Gasteiger partial charge in [0.2, 0.25) is 0 Å². The van der Waals surface area contributed by atoms with Crippen LogP contribution in [0.1, 0.15) is 57.4 Å². The molecule has 2 atom stereocenters. The molecule has 2 aliphatic rings. The predicted octanol–water partition coefficient (Wildman–Crippen LogP) is 6.13. The Balaban J connectivity index is 1.64. The molecule has 0 aromatic heterocycles. The van der Waals surface area contributed by atoms with Crippen molar-refractivity contribution in [1.29, 1.82) is 0 Å². The zero-order chi connectivity index (χ0) is 20.6. The minimum atomic E-state index is 0.341. The fourth-order valence-corrected chi connectivity index (χ4v) is 4.58. The first-order valence-corrected chi connectivity index (χ1v) is 11.2. The van der Waals surface area contributed by atoms with E-state index in [4.69, 9.17) is 9.47 Å². The molecule has 0 amide bonds. The van der Waals surface area contributed by atoms with Crippen molar-refractivity contribution in [3.63, 3.8) is 0 Å². The van der Waals surface area contributed by atoms with Gasteiger partial charge in [0, 0.05) is 25.6 Å². The fourth-order valence-electron chi connectivity index (χ4n) is 4.58. The SMILES string of the molecule is C=C(/C=C\C=C/CC)CN1C[C@H](C)[C@H](c2ccc(OC)c(OC3CCCC3)c2)C1. The summed E-state index contributed by atoms with van der Waals surface area (Å²) in [5.41, 5.74) is 2.53. The standard InChI is InChI=1S/C26H37NO2/c1-5-6-7-8-11-20(2)17-27-18-21(3)24(19-27)22-14-15-25(28-4)26(16-22)29-23-12-9-10-13-23/h6-8,11,14-16,21,23-24H,2,5,9-10,12-13,17-19H2,1,3-4H3/b7-6-,11-8-/t21-,24+/m0/s1. The first kappa shape index (κ1) is 21.7. The molecular weight excluding hydrogens is 358 g/mol. The van der Waals surface area contributed by atoms with E-state index in [1.54, 1.807) is 7.11 Å². The normalized spacial score (nSPS) is 23.4. The Hall–Kier alpha value is -2.00. The highest BCUT2D eigenvalue weighted by Crippen LogP contribution is 2.38. The van der Waals surface area contributed by atoms with E-state index in [0.717, 1.165) is 50.4 Å². The quantitative estimate of drug-likeness (QED) is 0.469. The second kappa shape index (κ2) is 10.7. The molecule has 29 heavy (non-hydrogen) atoms. The van der Waals surface area contributed by atoms with Crippen LogP contribution in [0, 0.1) is 5.92 Å². The van der Waals surface area contributed by atoms with Crippen molar-refractivity contribution in [1.82, 2.24) is 4.90 Å². The van der Waals surface area contributed by atoms with Gasteiger partial charge < -0.3 is 9.47 Å². The van der Waals surface area contributed by atoms with Crippen molar-refractivity contribution in [2.75, 3.05) is 26.7 Å². The largest absolute Gasteiger partial charge is 0.493 e. The molecule has 1 aliphatic carbocycles. The third-order valence-corrected chi connectivity index (χ3v) is 6.14. The van der Waals surface area contributed by atoms with Crippen LogP contribution in [0.3, 0.4) is 0 Å². The number of ether oxygens (including phenoxy) is 2. The number of methoxy groups -OCH3 is 1. The van der Waals surface area contributed by atoms with E-state index in [-0.39, 0.29) is 0 Å². The second-order valence-corrected chi connectivity index (χ2v) is 8.57. The van der Waals surface area contributed by atoms with Gasteiger partial charge in [-0.2, -0.15) is 0 Å². The zero-order valence-corrected chi connectivity index (χ0v) is 18.4. The van der Waals surface area contributed by atoms with Crippen molar-refractivity contribution in [3.8, 4) is 11.5 Å². The lowest BCUT2D eigenvalue weighted by molar-refractivity contribution is 0.200. The summed E-state index contributed by atoms with van der Waals surface area (Å²) < 4.78 is 11.9. The summed E-state index contributed by atoms with van der Waals surface area (Å²) in [6, 6.07) is 6.53. The zero-order valence-electron chi connectivity index (χ0n) is 18.4. The summed E-state index contributed by atoms with van der Waals surface area (Å²) in [6.45, 7) is 11.8. The average molecular weight is 396 g/mol. The molecule has 3 heteroatoms. The van der Waals surface area contributed by atoms with Crippen LogP contribution in [-0.4, -0.2) is 37.7 Å². The van der Waals surface area contributed by atoms with E-state index >= 15 is 0 Å². The Labute approximate surface area is 177 Å². The summed E-state index contributed by atoms with van der Waals surface area (Å²) in [5, 5.41) is 0. The van der Waals surface area contributed by atoms with Gasteiger partial charge in [-0.15, -0.1) is 0 Å². The van der Waals surface area contributed by atoms with Crippen LogP contribution in [0.2, 0.25) is 0 Å². The van der Waals surface area contributed by atoms with Gasteiger partial charge >= 0.3 is 0 Å². The Morgan fingerprint density at radius 3 is 2.69 bits per heavy atom. The summed E-state index contributed by atoms with van der Waals surface area (Å²) in [6.07, 6.45) is 14.8. The summed E-state index contributed by atoms with van der Waals surface area (Å²) >= 11 is 0. The number of likely N-dealkylation sites (tertiary alicyclic amines) is 1. The third kappa shape index (κ3) is 5.99. The van der Waals surface area contributed by atoms with Gasteiger partial charge in [0.15, 0.2) is 11.5 Å². The van der Waals surface area contributed by atoms with Crippen LogP contribution in [0.4, 0.5) is 0 Å². The molecule has 0 N–H and O–H groups in total. The van der Waals surface area contributed by atoms with E-state index in [9.17, 15) is 0 Å². The van der Waals surface area contributed by atoms with Crippen LogP contribution < -0.4 is 9.47 Å². The highest BCUT2D eigenvalue weighted by Gasteiger charge is 2.31. The molecule has 1 heterocycles. The van der Waals surface area contributed by atoms with Crippen molar-refractivity contribution in [3.05, 3.63) is 60.2 Å². The van der Waals surface area contributed by atoms with E-state index in [1.807, 2.05) is 0 Å². The molecule has 1 saturated carbocycles.